The largest absolute Gasteiger partial charge is 0.474 e. The molecule has 8 nitrogen and oxygen atoms in total. The summed E-state index contributed by atoms with van der Waals surface area (Å²) in [5.74, 6) is -0.642. The molecule has 0 saturated heterocycles. The number of sulfone groups is 1. The molecule has 1 amide bonds. The van der Waals surface area contributed by atoms with Gasteiger partial charge in [-0.2, -0.15) is 0 Å². The number of carbonyl (C=O) groups is 1. The Bertz CT molecular complexity index is 1080. The third-order valence-corrected chi connectivity index (χ3v) is 6.22. The van der Waals surface area contributed by atoms with Crippen LogP contribution in [0.15, 0.2) is 47.6 Å². The Kier molecular flexibility index (Phi) is 8.09. The highest BCUT2D eigenvalue weighted by Crippen LogP contribution is 2.34. The molecule has 0 bridgehead atoms. The molecule has 11 heteroatoms. The summed E-state index contributed by atoms with van der Waals surface area (Å²) in [5.41, 5.74) is 0.564. The maximum absolute atomic E-state index is 13.7. The van der Waals surface area contributed by atoms with Crippen LogP contribution in [0.3, 0.4) is 0 Å². The molecule has 1 N–H and O–H groups in total. The first kappa shape index (κ1) is 24.7. The second kappa shape index (κ2) is 10.8. The maximum atomic E-state index is 13.7. The maximum Gasteiger partial charge on any atom is 0.257 e. The van der Waals surface area contributed by atoms with Crippen molar-refractivity contribution in [1.29, 1.82) is 0 Å². The smallest absolute Gasteiger partial charge is 0.257 e. The van der Waals surface area contributed by atoms with E-state index in [0.717, 1.165) is 6.26 Å². The third-order valence-electron chi connectivity index (χ3n) is 5.10. The lowest BCUT2D eigenvalue weighted by Crippen LogP contribution is -2.16. The monoisotopic (exact) mass is 481 g/mol. The fraction of sp³-hybridized carbons (Fsp3) is 0.409. The second-order valence-electron chi connectivity index (χ2n) is 7.68. The lowest BCUT2D eigenvalue weighted by Gasteiger charge is -2.12. The summed E-state index contributed by atoms with van der Waals surface area (Å²) in [6, 6.07) is 5.72. The fourth-order valence-corrected chi connectivity index (χ4v) is 4.03. The summed E-state index contributed by atoms with van der Waals surface area (Å²) in [7, 11) is -1.88. The van der Waals surface area contributed by atoms with Gasteiger partial charge in [0.05, 0.1) is 23.9 Å². The van der Waals surface area contributed by atoms with Gasteiger partial charge < -0.3 is 14.8 Å². The first-order valence-electron chi connectivity index (χ1n) is 10.2. The molecule has 1 aromatic carbocycles. The zero-order valence-corrected chi connectivity index (χ0v) is 19.0. The Morgan fingerprint density at radius 2 is 1.79 bits per heavy atom. The molecule has 1 saturated carbocycles. The molecule has 0 radical (unpaired) electrons. The van der Waals surface area contributed by atoms with Gasteiger partial charge in [0.15, 0.2) is 15.7 Å². The summed E-state index contributed by atoms with van der Waals surface area (Å²) in [4.78, 5) is 21.3. The minimum Gasteiger partial charge on any atom is -0.474 e. The Morgan fingerprint density at radius 1 is 1.12 bits per heavy atom. The number of carbonyl (C=O) groups excluding carboxylic acids is 1. The van der Waals surface area contributed by atoms with Crippen LogP contribution in [0, 0.1) is 5.92 Å². The molecule has 1 aliphatic rings. The lowest BCUT2D eigenvalue weighted by atomic mass is 9.98. The van der Waals surface area contributed by atoms with Crippen LogP contribution in [0.2, 0.25) is 0 Å². The number of ether oxygens (including phenoxy) is 2. The molecule has 178 valence electrons. The van der Waals surface area contributed by atoms with Crippen molar-refractivity contribution >= 4 is 27.1 Å². The van der Waals surface area contributed by atoms with Crippen molar-refractivity contribution in [3.63, 3.8) is 0 Å². The Balaban J connectivity index is 1.82. The van der Waals surface area contributed by atoms with Gasteiger partial charge in [0.2, 0.25) is 5.88 Å². The fourth-order valence-electron chi connectivity index (χ4n) is 3.39. The Labute approximate surface area is 191 Å². The van der Waals surface area contributed by atoms with Gasteiger partial charge in [-0.25, -0.2) is 27.2 Å². The minimum atomic E-state index is -3.42. The van der Waals surface area contributed by atoms with Gasteiger partial charge in [-0.1, -0.05) is 18.2 Å². The van der Waals surface area contributed by atoms with E-state index in [9.17, 15) is 22.0 Å². The lowest BCUT2D eigenvalue weighted by molar-refractivity contribution is -0.111. The van der Waals surface area contributed by atoms with Gasteiger partial charge in [0, 0.05) is 18.9 Å². The molecule has 1 unspecified atom stereocenters. The number of halogens is 2. The van der Waals surface area contributed by atoms with Crippen LogP contribution in [0.1, 0.15) is 18.4 Å². The van der Waals surface area contributed by atoms with Crippen molar-refractivity contribution in [2.24, 2.45) is 5.92 Å². The molecule has 0 spiro atoms. The minimum absolute atomic E-state index is 0.0350. The van der Waals surface area contributed by atoms with E-state index in [-0.39, 0.29) is 35.0 Å². The van der Waals surface area contributed by atoms with Crippen LogP contribution < -0.4 is 10.1 Å². The van der Waals surface area contributed by atoms with E-state index in [1.165, 1.54) is 42.7 Å². The summed E-state index contributed by atoms with van der Waals surface area (Å²) in [6.45, 7) is 0.673. The van der Waals surface area contributed by atoms with Crippen LogP contribution >= 0.6 is 0 Å². The van der Waals surface area contributed by atoms with Gasteiger partial charge in [-0.05, 0) is 36.5 Å². The molecule has 1 aromatic heterocycles. The number of benzene rings is 1. The van der Waals surface area contributed by atoms with Crippen molar-refractivity contribution in [2.45, 2.75) is 30.1 Å². The SMILES string of the molecule is COCCOc1cnc(NC(=O)/C(=C/C2C[C@@H](F)[C@@H](F)C2)c2ccc(S(C)(=O)=O)cc2)cn1. The summed E-state index contributed by atoms with van der Waals surface area (Å²) in [6.07, 6.45) is 2.02. The number of methoxy groups -OCH3 is 1. The predicted octanol–water partition coefficient (Wildman–Crippen LogP) is 3.01. The molecule has 33 heavy (non-hydrogen) atoms. The van der Waals surface area contributed by atoms with E-state index in [1.54, 1.807) is 7.11 Å². The van der Waals surface area contributed by atoms with Crippen molar-refractivity contribution in [1.82, 2.24) is 9.97 Å². The number of anilines is 1. The number of hydrogen-bond donors (Lipinski definition) is 1. The first-order valence-corrected chi connectivity index (χ1v) is 12.1. The van der Waals surface area contributed by atoms with Gasteiger partial charge >= 0.3 is 0 Å². The van der Waals surface area contributed by atoms with E-state index >= 15 is 0 Å². The van der Waals surface area contributed by atoms with Crippen LogP contribution in [-0.2, 0) is 19.4 Å². The summed E-state index contributed by atoms with van der Waals surface area (Å²) >= 11 is 0. The Hall–Kier alpha value is -2.92. The first-order chi connectivity index (χ1) is 15.7. The quantitative estimate of drug-likeness (QED) is 0.433. The van der Waals surface area contributed by atoms with Gasteiger partial charge in [0.1, 0.15) is 19.0 Å². The highest BCUT2D eigenvalue weighted by molar-refractivity contribution is 7.90. The zero-order chi connectivity index (χ0) is 24.0. The third kappa shape index (κ3) is 6.78. The Morgan fingerprint density at radius 3 is 2.33 bits per heavy atom. The molecular weight excluding hydrogens is 456 g/mol. The van der Waals surface area contributed by atoms with Crippen LogP contribution in [0.25, 0.3) is 5.57 Å². The summed E-state index contributed by atoms with van der Waals surface area (Å²) in [5, 5.41) is 2.61. The molecule has 2 aromatic rings. The highest BCUT2D eigenvalue weighted by Gasteiger charge is 2.34. The molecule has 3 rings (SSSR count). The molecule has 1 aliphatic carbocycles. The predicted molar refractivity (Wildman–Crippen MR) is 118 cm³/mol. The van der Waals surface area contributed by atoms with E-state index in [4.69, 9.17) is 9.47 Å². The van der Waals surface area contributed by atoms with Crippen molar-refractivity contribution in [3.05, 3.63) is 48.3 Å². The topological polar surface area (TPSA) is 107 Å². The molecule has 1 fully saturated rings. The number of nitrogens with one attached hydrogen (secondary N) is 1. The standard InChI is InChI=1S/C22H25F2N3O5S/c1-31-7-8-32-21-13-25-20(12-26-21)27-22(28)17(9-14-10-18(23)19(24)11-14)15-3-5-16(6-4-15)33(2,29)30/h3-6,9,12-14,18-19H,7-8,10-11H2,1-2H3,(H,25,27,28)/b17-9+/t14?,18-,19+. The van der Waals surface area contributed by atoms with Gasteiger partial charge in [-0.3, -0.25) is 4.79 Å². The number of alkyl halides is 2. The van der Waals surface area contributed by atoms with E-state index < -0.39 is 34.0 Å². The zero-order valence-electron chi connectivity index (χ0n) is 18.2. The van der Waals surface area contributed by atoms with Crippen LogP contribution in [0.4, 0.5) is 14.6 Å². The number of aromatic nitrogens is 2. The van der Waals surface area contributed by atoms with Crippen molar-refractivity contribution in [2.75, 3.05) is 31.9 Å². The molecular formula is C22H25F2N3O5S. The van der Waals surface area contributed by atoms with E-state index in [0.29, 0.717) is 18.8 Å². The number of hydrogen-bond acceptors (Lipinski definition) is 7. The van der Waals surface area contributed by atoms with E-state index in [2.05, 4.69) is 15.3 Å². The van der Waals surface area contributed by atoms with Gasteiger partial charge in [-0.15, -0.1) is 0 Å². The average molecular weight is 482 g/mol. The van der Waals surface area contributed by atoms with Crippen molar-refractivity contribution in [3.8, 4) is 5.88 Å². The normalized spacial score (nSPS) is 21.1. The molecule has 0 aliphatic heterocycles. The number of allylic oxidation sites excluding steroid dienone is 1. The molecule has 1 heterocycles. The second-order valence-corrected chi connectivity index (χ2v) is 9.69. The average Bonchev–Trinajstić information content (AvgIpc) is 3.10. The number of nitrogens with zero attached hydrogens (tertiary/aromatic N) is 2. The number of rotatable bonds is 9. The van der Waals surface area contributed by atoms with Gasteiger partial charge in [0.25, 0.3) is 5.91 Å². The van der Waals surface area contributed by atoms with Crippen LogP contribution in [-0.4, -0.2) is 63.2 Å². The van der Waals surface area contributed by atoms with E-state index in [1.807, 2.05) is 0 Å². The highest BCUT2D eigenvalue weighted by atomic mass is 32.2. The van der Waals surface area contributed by atoms with Crippen molar-refractivity contribution < 1.29 is 31.5 Å². The number of amides is 1. The summed E-state index contributed by atoms with van der Waals surface area (Å²) < 4.78 is 61.1. The molecule has 3 atom stereocenters. The van der Waals surface area contributed by atoms with Crippen LogP contribution in [0.5, 0.6) is 5.88 Å².